The summed E-state index contributed by atoms with van der Waals surface area (Å²) in [5.74, 6) is -0.596. The van der Waals surface area contributed by atoms with E-state index in [0.717, 1.165) is 51.4 Å². The Labute approximate surface area is 247 Å². The van der Waals surface area contributed by atoms with Gasteiger partial charge in [0, 0.05) is 0 Å². The third-order valence-corrected chi connectivity index (χ3v) is 7.98. The van der Waals surface area contributed by atoms with Crippen molar-refractivity contribution in [2.24, 2.45) is 0 Å². The van der Waals surface area contributed by atoms with Gasteiger partial charge in [0.25, 0.3) is 0 Å². The van der Waals surface area contributed by atoms with Crippen molar-refractivity contribution in [3.8, 4) is 0 Å². The van der Waals surface area contributed by atoms with E-state index in [-0.39, 0.29) is 0 Å². The largest absolute Gasteiger partial charge is 0.394 e. The van der Waals surface area contributed by atoms with Crippen LogP contribution in [-0.2, 0) is 4.79 Å². The molecule has 0 saturated carbocycles. The molecule has 0 aliphatic rings. The highest BCUT2D eigenvalue weighted by Crippen LogP contribution is 2.14. The summed E-state index contributed by atoms with van der Waals surface area (Å²) in [6.45, 7) is 3.89. The van der Waals surface area contributed by atoms with Crippen LogP contribution in [0.15, 0.2) is 12.2 Å². The lowest BCUT2D eigenvalue weighted by molar-refractivity contribution is -0.132. The zero-order valence-electron chi connectivity index (χ0n) is 26.3. The molecule has 0 aromatic carbocycles. The van der Waals surface area contributed by atoms with Gasteiger partial charge in [-0.1, -0.05) is 142 Å². The van der Waals surface area contributed by atoms with E-state index < -0.39 is 36.9 Å². The highest BCUT2D eigenvalue weighted by atomic mass is 16.3. The average Bonchev–Trinajstić information content (AvgIpc) is 2.96. The van der Waals surface area contributed by atoms with Crippen molar-refractivity contribution in [3.63, 3.8) is 0 Å². The molecule has 0 aliphatic heterocycles. The summed E-state index contributed by atoms with van der Waals surface area (Å²) in [5.41, 5.74) is 0. The number of hydrogen-bond donors (Lipinski definition) is 5. The second-order valence-electron chi connectivity index (χ2n) is 11.9. The van der Waals surface area contributed by atoms with Crippen LogP contribution >= 0.6 is 0 Å². The molecule has 0 radical (unpaired) electrons. The predicted molar refractivity (Wildman–Crippen MR) is 168 cm³/mol. The van der Waals surface area contributed by atoms with Crippen molar-refractivity contribution in [2.75, 3.05) is 6.61 Å². The molecular weight excluding hydrogens is 502 g/mol. The molecule has 1 amide bonds. The molecule has 0 bridgehead atoms. The summed E-state index contributed by atoms with van der Waals surface area (Å²) in [6.07, 6.45) is 28.6. The minimum Gasteiger partial charge on any atom is -0.394 e. The lowest BCUT2D eigenvalue weighted by Gasteiger charge is -2.27. The topological polar surface area (TPSA) is 110 Å². The average molecular weight is 570 g/mol. The fourth-order valence-electron chi connectivity index (χ4n) is 5.16. The van der Waals surface area contributed by atoms with E-state index in [1.54, 1.807) is 0 Å². The Kier molecular flexibility index (Phi) is 28.8. The van der Waals surface area contributed by atoms with Crippen LogP contribution in [0, 0.1) is 0 Å². The molecule has 6 heteroatoms. The minimum absolute atomic E-state index is 0.362. The van der Waals surface area contributed by atoms with E-state index in [4.69, 9.17) is 0 Å². The van der Waals surface area contributed by atoms with Crippen LogP contribution in [0.5, 0.6) is 0 Å². The normalized spacial score (nSPS) is 14.8. The first-order chi connectivity index (χ1) is 19.5. The van der Waals surface area contributed by atoms with Crippen molar-refractivity contribution in [1.29, 1.82) is 0 Å². The zero-order chi connectivity index (χ0) is 29.7. The Bertz CT molecular complexity index is 571. The molecule has 5 N–H and O–H groups in total. The van der Waals surface area contributed by atoms with Gasteiger partial charge in [-0.25, -0.2) is 0 Å². The van der Waals surface area contributed by atoms with Crippen LogP contribution < -0.4 is 5.32 Å². The summed E-state index contributed by atoms with van der Waals surface area (Å²) >= 11 is 0. The summed E-state index contributed by atoms with van der Waals surface area (Å²) in [4.78, 5) is 12.3. The van der Waals surface area contributed by atoms with Crippen LogP contribution in [0.1, 0.15) is 168 Å². The third kappa shape index (κ3) is 23.7. The van der Waals surface area contributed by atoms with E-state index in [9.17, 15) is 25.2 Å². The number of nitrogens with one attached hydrogen (secondary N) is 1. The Hall–Kier alpha value is -0.950. The number of unbranched alkanes of at least 4 members (excludes halogenated alkanes) is 19. The fraction of sp³-hybridized carbons (Fsp3) is 0.912. The van der Waals surface area contributed by atoms with Crippen molar-refractivity contribution in [3.05, 3.63) is 12.2 Å². The molecule has 0 aromatic heterocycles. The number of carbonyl (C=O) groups excluding carboxylic acids is 1. The van der Waals surface area contributed by atoms with Gasteiger partial charge >= 0.3 is 0 Å². The molecular formula is C34H67NO5. The number of aliphatic hydroxyl groups is 4. The number of amides is 1. The third-order valence-electron chi connectivity index (χ3n) is 7.98. The monoisotopic (exact) mass is 570 g/mol. The number of carbonyl (C=O) groups is 1. The summed E-state index contributed by atoms with van der Waals surface area (Å²) < 4.78 is 0. The standard InChI is InChI=1S/C34H67NO5/c1-3-5-7-9-10-11-12-13-14-15-16-17-18-19-20-21-22-23-24-26-28-32(38)34(40)35-30(29-36)33(39)31(37)27-25-8-6-4-2/h17-18,30-33,36-39H,3-16,19-29H2,1-2H3,(H,35,40)/b18-17-. The molecule has 0 saturated heterocycles. The first kappa shape index (κ1) is 39.0. The SMILES string of the molecule is CCCCCCCCCCCC/C=C\CCCCCCCCC(O)C(=O)NC(CO)C(O)C(O)CCCCCC. The van der Waals surface area contributed by atoms with Gasteiger partial charge in [-0.05, 0) is 38.5 Å². The number of hydrogen-bond acceptors (Lipinski definition) is 5. The van der Waals surface area contributed by atoms with Gasteiger partial charge in [0.2, 0.25) is 5.91 Å². The van der Waals surface area contributed by atoms with Gasteiger partial charge in [-0.15, -0.1) is 0 Å². The van der Waals surface area contributed by atoms with Crippen LogP contribution in [-0.4, -0.2) is 57.3 Å². The van der Waals surface area contributed by atoms with Gasteiger partial charge in [0.05, 0.1) is 18.8 Å². The highest BCUT2D eigenvalue weighted by molar-refractivity contribution is 5.80. The molecule has 0 rings (SSSR count). The quantitative estimate of drug-likeness (QED) is 0.0454. The number of allylic oxidation sites excluding steroid dienone is 2. The van der Waals surface area contributed by atoms with Crippen molar-refractivity contribution in [2.45, 2.75) is 192 Å². The predicted octanol–water partition coefficient (Wildman–Crippen LogP) is 7.50. The lowest BCUT2D eigenvalue weighted by atomic mass is 9.99. The van der Waals surface area contributed by atoms with Crippen LogP contribution in [0.2, 0.25) is 0 Å². The molecule has 4 atom stereocenters. The molecule has 0 spiro atoms. The van der Waals surface area contributed by atoms with Crippen molar-refractivity contribution in [1.82, 2.24) is 5.32 Å². The second-order valence-corrected chi connectivity index (χ2v) is 11.9. The Balaban J connectivity index is 3.68. The van der Waals surface area contributed by atoms with E-state index in [1.807, 2.05) is 0 Å². The van der Waals surface area contributed by atoms with Crippen molar-refractivity contribution >= 4 is 5.91 Å². The van der Waals surface area contributed by atoms with Gasteiger partial charge in [-0.2, -0.15) is 0 Å². The Morgan fingerprint density at radius 2 is 1.00 bits per heavy atom. The van der Waals surface area contributed by atoms with Crippen molar-refractivity contribution < 1.29 is 25.2 Å². The highest BCUT2D eigenvalue weighted by Gasteiger charge is 2.28. The second kappa shape index (κ2) is 29.5. The molecule has 4 unspecified atom stereocenters. The van der Waals surface area contributed by atoms with Crippen LogP contribution in [0.25, 0.3) is 0 Å². The summed E-state index contributed by atoms with van der Waals surface area (Å²) in [7, 11) is 0. The molecule has 0 fully saturated rings. The number of rotatable bonds is 30. The molecule has 40 heavy (non-hydrogen) atoms. The van der Waals surface area contributed by atoms with Gasteiger partial charge in [0.1, 0.15) is 12.2 Å². The lowest BCUT2D eigenvalue weighted by Crippen LogP contribution is -2.53. The fourth-order valence-corrected chi connectivity index (χ4v) is 5.16. The number of aliphatic hydroxyl groups excluding tert-OH is 4. The minimum atomic E-state index is -1.25. The van der Waals surface area contributed by atoms with Gasteiger partial charge < -0.3 is 25.7 Å². The maximum atomic E-state index is 12.3. The zero-order valence-corrected chi connectivity index (χ0v) is 26.3. The van der Waals surface area contributed by atoms with Gasteiger partial charge in [0.15, 0.2) is 0 Å². The summed E-state index contributed by atoms with van der Waals surface area (Å²) in [5, 5.41) is 42.7. The first-order valence-electron chi connectivity index (χ1n) is 17.1. The maximum absolute atomic E-state index is 12.3. The van der Waals surface area contributed by atoms with E-state index in [0.29, 0.717) is 12.8 Å². The Morgan fingerprint density at radius 1 is 0.600 bits per heavy atom. The maximum Gasteiger partial charge on any atom is 0.249 e. The molecule has 0 heterocycles. The Morgan fingerprint density at radius 3 is 1.48 bits per heavy atom. The molecule has 0 aromatic rings. The van der Waals surface area contributed by atoms with Crippen LogP contribution in [0.3, 0.4) is 0 Å². The van der Waals surface area contributed by atoms with E-state index >= 15 is 0 Å². The smallest absolute Gasteiger partial charge is 0.249 e. The van der Waals surface area contributed by atoms with E-state index in [1.165, 1.54) is 89.9 Å². The van der Waals surface area contributed by atoms with E-state index in [2.05, 4.69) is 31.3 Å². The summed E-state index contributed by atoms with van der Waals surface area (Å²) in [6, 6.07) is -0.979. The van der Waals surface area contributed by atoms with Gasteiger partial charge in [-0.3, -0.25) is 4.79 Å². The van der Waals surface area contributed by atoms with Crippen LogP contribution in [0.4, 0.5) is 0 Å². The molecule has 6 nitrogen and oxygen atoms in total. The first-order valence-corrected chi connectivity index (χ1v) is 17.1. The molecule has 238 valence electrons. The molecule has 0 aliphatic carbocycles.